The lowest BCUT2D eigenvalue weighted by molar-refractivity contribution is -0.130. The second-order valence-corrected chi connectivity index (χ2v) is 7.89. The molecule has 2 aromatic carbocycles. The number of aryl methyl sites for hydroxylation is 1. The van der Waals surface area contributed by atoms with Crippen molar-refractivity contribution in [3.63, 3.8) is 0 Å². The third-order valence-corrected chi connectivity index (χ3v) is 5.68. The van der Waals surface area contributed by atoms with E-state index in [1.54, 1.807) is 24.3 Å². The summed E-state index contributed by atoms with van der Waals surface area (Å²) < 4.78 is 0. The van der Waals surface area contributed by atoms with Crippen molar-refractivity contribution in [1.82, 2.24) is 16.2 Å². The molecule has 0 aliphatic carbocycles. The van der Waals surface area contributed by atoms with E-state index in [-0.39, 0.29) is 24.3 Å². The molecular formula is C24H30N4O3. The van der Waals surface area contributed by atoms with Gasteiger partial charge in [0.2, 0.25) is 0 Å². The average molecular weight is 423 g/mol. The Labute approximate surface area is 183 Å². The zero-order chi connectivity index (χ0) is 22.2. The largest absolute Gasteiger partial charge is 0.362 e. The molecule has 2 aromatic rings. The molecule has 0 aromatic heterocycles. The Morgan fingerprint density at radius 3 is 2.45 bits per heavy atom. The van der Waals surface area contributed by atoms with Gasteiger partial charge in [-0.2, -0.15) is 0 Å². The maximum absolute atomic E-state index is 12.8. The van der Waals surface area contributed by atoms with E-state index >= 15 is 0 Å². The van der Waals surface area contributed by atoms with Crippen LogP contribution in [0.5, 0.6) is 0 Å². The van der Waals surface area contributed by atoms with E-state index in [1.165, 1.54) is 5.56 Å². The van der Waals surface area contributed by atoms with Crippen LogP contribution in [0.15, 0.2) is 54.6 Å². The summed E-state index contributed by atoms with van der Waals surface area (Å²) in [5.41, 5.74) is 7.76. The van der Waals surface area contributed by atoms with Crippen LogP contribution >= 0.6 is 0 Å². The summed E-state index contributed by atoms with van der Waals surface area (Å²) in [5, 5.41) is 2.79. The highest BCUT2D eigenvalue weighted by Gasteiger charge is 2.27. The number of nitrogens with one attached hydrogen (secondary N) is 3. The number of amides is 3. The molecule has 0 radical (unpaired) electrons. The number of fused-ring (bicyclic) bond motifs is 1. The number of benzene rings is 2. The first-order chi connectivity index (χ1) is 15.0. The predicted molar refractivity (Wildman–Crippen MR) is 120 cm³/mol. The maximum atomic E-state index is 12.8. The summed E-state index contributed by atoms with van der Waals surface area (Å²) in [4.78, 5) is 39.8. The lowest BCUT2D eigenvalue weighted by Crippen LogP contribution is -2.56. The number of anilines is 1. The molecule has 31 heavy (non-hydrogen) atoms. The monoisotopic (exact) mass is 422 g/mol. The molecule has 3 rings (SSSR count). The molecule has 7 nitrogen and oxygen atoms in total. The van der Waals surface area contributed by atoms with Crippen molar-refractivity contribution >= 4 is 23.4 Å². The van der Waals surface area contributed by atoms with Crippen LogP contribution in [0.4, 0.5) is 5.69 Å². The van der Waals surface area contributed by atoms with E-state index in [4.69, 9.17) is 0 Å². The SMILES string of the molecule is CC[C@H](C)[C@H](NC(=O)c1ccccc1)C(=O)NNC(=O)CN1CCCc2ccccc21. The first-order valence-electron chi connectivity index (χ1n) is 10.8. The second-order valence-electron chi connectivity index (χ2n) is 7.89. The van der Waals surface area contributed by atoms with Gasteiger partial charge < -0.3 is 10.2 Å². The summed E-state index contributed by atoms with van der Waals surface area (Å²) in [6.07, 6.45) is 2.69. The van der Waals surface area contributed by atoms with E-state index in [0.29, 0.717) is 12.0 Å². The summed E-state index contributed by atoms with van der Waals surface area (Å²) >= 11 is 0. The summed E-state index contributed by atoms with van der Waals surface area (Å²) in [6.45, 7) is 4.79. The molecule has 3 N–H and O–H groups in total. The Morgan fingerprint density at radius 1 is 1.00 bits per heavy atom. The zero-order valence-corrected chi connectivity index (χ0v) is 18.1. The van der Waals surface area contributed by atoms with Gasteiger partial charge in [-0.15, -0.1) is 0 Å². The number of hydrogen-bond donors (Lipinski definition) is 3. The third kappa shape index (κ3) is 5.84. The van der Waals surface area contributed by atoms with Crippen molar-refractivity contribution in [2.24, 2.45) is 5.92 Å². The van der Waals surface area contributed by atoms with Crippen molar-refractivity contribution in [3.05, 3.63) is 65.7 Å². The van der Waals surface area contributed by atoms with E-state index < -0.39 is 11.9 Å². The van der Waals surface area contributed by atoms with Gasteiger partial charge >= 0.3 is 0 Å². The van der Waals surface area contributed by atoms with Gasteiger partial charge in [0.05, 0.1) is 6.54 Å². The lowest BCUT2D eigenvalue weighted by Gasteiger charge is -2.30. The second kappa shape index (κ2) is 10.6. The van der Waals surface area contributed by atoms with Gasteiger partial charge in [-0.3, -0.25) is 25.2 Å². The number of carbonyl (C=O) groups excluding carboxylic acids is 3. The van der Waals surface area contributed by atoms with E-state index in [0.717, 1.165) is 25.1 Å². The third-order valence-electron chi connectivity index (χ3n) is 5.68. The van der Waals surface area contributed by atoms with Crippen molar-refractivity contribution in [3.8, 4) is 0 Å². The minimum absolute atomic E-state index is 0.0986. The maximum Gasteiger partial charge on any atom is 0.261 e. The van der Waals surface area contributed by atoms with Crippen molar-refractivity contribution in [2.75, 3.05) is 18.0 Å². The highest BCUT2D eigenvalue weighted by Crippen LogP contribution is 2.26. The molecule has 1 heterocycles. The molecule has 1 aliphatic heterocycles. The zero-order valence-electron chi connectivity index (χ0n) is 18.1. The fourth-order valence-corrected chi connectivity index (χ4v) is 3.71. The van der Waals surface area contributed by atoms with E-state index in [2.05, 4.69) is 22.2 Å². The number of rotatable bonds is 7. The molecule has 0 saturated carbocycles. The molecule has 0 saturated heterocycles. The first kappa shape index (κ1) is 22.3. The van der Waals surface area contributed by atoms with Crippen LogP contribution < -0.4 is 21.1 Å². The molecule has 0 fully saturated rings. The Kier molecular flexibility index (Phi) is 7.65. The highest BCUT2D eigenvalue weighted by molar-refractivity contribution is 5.98. The molecule has 0 unspecified atom stereocenters. The number of para-hydroxylation sites is 1. The predicted octanol–water partition coefficient (Wildman–Crippen LogP) is 2.43. The average Bonchev–Trinajstić information content (AvgIpc) is 2.81. The van der Waals surface area contributed by atoms with Crippen molar-refractivity contribution in [2.45, 2.75) is 39.2 Å². The molecule has 3 amide bonds. The summed E-state index contributed by atoms with van der Waals surface area (Å²) in [7, 11) is 0. The van der Waals surface area contributed by atoms with Gasteiger partial charge in [-0.1, -0.05) is 56.7 Å². The van der Waals surface area contributed by atoms with Crippen LogP contribution in [0.3, 0.4) is 0 Å². The molecule has 0 bridgehead atoms. The standard InChI is InChI=1S/C24H30N4O3/c1-3-17(2)22(25-23(30)19-11-5-4-6-12-19)24(31)27-26-21(29)16-28-15-9-13-18-10-7-8-14-20(18)28/h4-8,10-12,14,17,22H,3,9,13,15-16H2,1-2H3,(H,25,30)(H,26,29)(H,27,31)/t17-,22-/m0/s1. The van der Waals surface area contributed by atoms with Crippen LogP contribution in [0.2, 0.25) is 0 Å². The fraction of sp³-hybridized carbons (Fsp3) is 0.375. The van der Waals surface area contributed by atoms with Crippen LogP contribution in [0.1, 0.15) is 42.6 Å². The topological polar surface area (TPSA) is 90.5 Å². The normalized spacial score (nSPS) is 14.7. The smallest absolute Gasteiger partial charge is 0.261 e. The Morgan fingerprint density at radius 2 is 1.71 bits per heavy atom. The molecule has 164 valence electrons. The van der Waals surface area contributed by atoms with Crippen LogP contribution in [0.25, 0.3) is 0 Å². The van der Waals surface area contributed by atoms with Crippen molar-refractivity contribution in [1.29, 1.82) is 0 Å². The molecule has 7 heteroatoms. The van der Waals surface area contributed by atoms with Gasteiger partial charge in [0, 0.05) is 17.8 Å². The molecule has 0 spiro atoms. The molecular weight excluding hydrogens is 392 g/mol. The quantitative estimate of drug-likeness (QED) is 0.598. The number of nitrogens with zero attached hydrogens (tertiary/aromatic N) is 1. The summed E-state index contributed by atoms with van der Waals surface area (Å²) in [5.74, 6) is -1.16. The number of hydrogen-bond acceptors (Lipinski definition) is 4. The first-order valence-corrected chi connectivity index (χ1v) is 10.8. The van der Waals surface area contributed by atoms with Crippen molar-refractivity contribution < 1.29 is 14.4 Å². The van der Waals surface area contributed by atoms with Crippen LogP contribution in [0, 0.1) is 5.92 Å². The van der Waals surface area contributed by atoms with Gasteiger partial charge in [0.15, 0.2) is 0 Å². The van der Waals surface area contributed by atoms with Gasteiger partial charge in [0.25, 0.3) is 17.7 Å². The van der Waals surface area contributed by atoms with E-state index in [9.17, 15) is 14.4 Å². The number of carbonyl (C=O) groups is 3. The highest BCUT2D eigenvalue weighted by atomic mass is 16.2. The van der Waals surface area contributed by atoms with Crippen LogP contribution in [-0.4, -0.2) is 36.9 Å². The molecule has 2 atom stereocenters. The Hall–Kier alpha value is -3.35. The van der Waals surface area contributed by atoms with E-state index in [1.807, 2.05) is 43.0 Å². The van der Waals surface area contributed by atoms with Crippen LogP contribution in [-0.2, 0) is 16.0 Å². The lowest BCUT2D eigenvalue weighted by atomic mass is 9.98. The fourth-order valence-electron chi connectivity index (χ4n) is 3.71. The van der Waals surface area contributed by atoms with Gasteiger partial charge in [-0.05, 0) is 42.5 Å². The minimum atomic E-state index is -0.756. The Balaban J connectivity index is 1.57. The van der Waals surface area contributed by atoms with Gasteiger partial charge in [0.1, 0.15) is 6.04 Å². The Bertz CT molecular complexity index is 916. The number of hydrazine groups is 1. The minimum Gasteiger partial charge on any atom is -0.362 e. The van der Waals surface area contributed by atoms with Gasteiger partial charge in [-0.25, -0.2) is 0 Å². The summed E-state index contributed by atoms with van der Waals surface area (Å²) in [6, 6.07) is 16.0. The molecule has 1 aliphatic rings.